The smallest absolute Gasteiger partial charge is 0.236 e. The van der Waals surface area contributed by atoms with Crippen molar-refractivity contribution in [3.05, 3.63) is 95.9 Å². The Morgan fingerprint density at radius 1 is 1.00 bits per heavy atom. The lowest BCUT2D eigenvalue weighted by Crippen LogP contribution is -2.35. The molecule has 8 heteroatoms. The van der Waals surface area contributed by atoms with Crippen LogP contribution in [0.1, 0.15) is 23.8 Å². The van der Waals surface area contributed by atoms with Gasteiger partial charge in [0, 0.05) is 13.1 Å². The number of benzene rings is 2. The highest BCUT2D eigenvalue weighted by molar-refractivity contribution is 8.00. The Morgan fingerprint density at radius 2 is 1.65 bits per heavy atom. The molecule has 2 heterocycles. The fraction of sp³-hybridized carbons (Fsp3) is 0.217. The van der Waals surface area contributed by atoms with Crippen molar-refractivity contribution >= 4 is 17.7 Å². The molecule has 7 nitrogen and oxygen atoms in total. The fourth-order valence-corrected chi connectivity index (χ4v) is 4.09. The average molecular weight is 434 g/mol. The van der Waals surface area contributed by atoms with Gasteiger partial charge in [-0.25, -0.2) is 4.68 Å². The summed E-state index contributed by atoms with van der Waals surface area (Å²) >= 11 is 1.35. The number of hydrogen-bond acceptors (Lipinski definition) is 6. The van der Waals surface area contributed by atoms with Crippen molar-refractivity contribution in [3.8, 4) is 0 Å². The third kappa shape index (κ3) is 5.61. The lowest BCUT2D eigenvalue weighted by atomic mass is 10.1. The number of carbonyl (C=O) groups is 1. The maximum absolute atomic E-state index is 13.4. The van der Waals surface area contributed by atoms with Crippen molar-refractivity contribution in [1.82, 2.24) is 25.1 Å². The summed E-state index contributed by atoms with van der Waals surface area (Å²) < 4.78 is 7.03. The van der Waals surface area contributed by atoms with E-state index in [1.807, 2.05) is 84.6 Å². The van der Waals surface area contributed by atoms with Gasteiger partial charge in [0.15, 0.2) is 0 Å². The molecular weight excluding hydrogens is 410 g/mol. The molecule has 1 atom stereocenters. The second kappa shape index (κ2) is 10.1. The van der Waals surface area contributed by atoms with Crippen molar-refractivity contribution < 1.29 is 9.21 Å². The summed E-state index contributed by atoms with van der Waals surface area (Å²) in [6.07, 6.45) is 1.61. The monoisotopic (exact) mass is 433 g/mol. The van der Waals surface area contributed by atoms with Crippen molar-refractivity contribution in [3.63, 3.8) is 0 Å². The Bertz CT molecular complexity index is 1040. The van der Waals surface area contributed by atoms with E-state index in [1.165, 1.54) is 11.8 Å². The summed E-state index contributed by atoms with van der Waals surface area (Å²) in [6.45, 7) is 3.39. The van der Waals surface area contributed by atoms with Crippen LogP contribution >= 0.6 is 11.8 Å². The molecule has 1 amide bonds. The Hall–Kier alpha value is -3.39. The molecule has 31 heavy (non-hydrogen) atoms. The molecule has 158 valence electrons. The number of thioether (sulfide) groups is 1. The molecular formula is C23H23N5O2S. The highest BCUT2D eigenvalue weighted by Gasteiger charge is 2.24. The molecule has 0 aliphatic heterocycles. The molecule has 0 spiro atoms. The van der Waals surface area contributed by atoms with Gasteiger partial charge in [-0.15, -0.1) is 5.10 Å². The number of furan rings is 1. The zero-order valence-corrected chi connectivity index (χ0v) is 18.0. The van der Waals surface area contributed by atoms with Crippen LogP contribution in [0.15, 0.2) is 88.6 Å². The van der Waals surface area contributed by atoms with Crippen LogP contribution in [0.4, 0.5) is 0 Å². The molecule has 1 unspecified atom stereocenters. The zero-order chi connectivity index (χ0) is 21.5. The van der Waals surface area contributed by atoms with E-state index in [0.29, 0.717) is 24.8 Å². The van der Waals surface area contributed by atoms with Crippen molar-refractivity contribution in [2.45, 2.75) is 37.0 Å². The second-order valence-corrected chi connectivity index (χ2v) is 8.43. The first kappa shape index (κ1) is 20.9. The highest BCUT2D eigenvalue weighted by atomic mass is 32.2. The first-order valence-corrected chi connectivity index (χ1v) is 10.9. The average Bonchev–Trinajstić information content (AvgIpc) is 3.47. The topological polar surface area (TPSA) is 77.0 Å². The van der Waals surface area contributed by atoms with Gasteiger partial charge in [-0.05, 0) is 40.6 Å². The van der Waals surface area contributed by atoms with E-state index >= 15 is 0 Å². The molecule has 2 aromatic carbocycles. The van der Waals surface area contributed by atoms with E-state index in [4.69, 9.17) is 4.42 Å². The summed E-state index contributed by atoms with van der Waals surface area (Å²) in [5.41, 5.74) is 2.18. The predicted molar refractivity (Wildman–Crippen MR) is 118 cm³/mol. The molecule has 0 radical (unpaired) electrons. The lowest BCUT2D eigenvalue weighted by molar-refractivity contribution is -0.131. The first-order chi connectivity index (χ1) is 15.2. The Kier molecular flexibility index (Phi) is 6.78. The summed E-state index contributed by atoms with van der Waals surface area (Å²) in [7, 11) is 0. The summed E-state index contributed by atoms with van der Waals surface area (Å²) in [5, 5.41) is 12.1. The van der Waals surface area contributed by atoms with Gasteiger partial charge in [0.25, 0.3) is 0 Å². The Labute approximate surface area is 185 Å². The number of rotatable bonds is 9. The van der Waals surface area contributed by atoms with Gasteiger partial charge in [0.05, 0.1) is 11.5 Å². The number of tetrazole rings is 1. The van der Waals surface area contributed by atoms with E-state index in [-0.39, 0.29) is 11.2 Å². The van der Waals surface area contributed by atoms with Gasteiger partial charge < -0.3 is 9.32 Å². The van der Waals surface area contributed by atoms with Gasteiger partial charge in [-0.3, -0.25) is 4.79 Å². The second-order valence-electron chi connectivity index (χ2n) is 7.12. The van der Waals surface area contributed by atoms with Gasteiger partial charge in [0.2, 0.25) is 11.1 Å². The SMILES string of the molecule is CC(Sc1nnnn1Cc1ccco1)C(=O)N(Cc1ccccc1)Cc1ccccc1. The van der Waals surface area contributed by atoms with Crippen molar-refractivity contribution in [1.29, 1.82) is 0 Å². The van der Waals surface area contributed by atoms with E-state index in [1.54, 1.807) is 10.9 Å². The number of hydrogen-bond donors (Lipinski definition) is 0. The standard InChI is InChI=1S/C23H23N5O2S/c1-18(31-23-24-25-26-28(23)17-21-13-8-14-30-21)22(29)27(15-19-9-4-2-5-10-19)16-20-11-6-3-7-12-20/h2-14,18H,15-17H2,1H3. The summed E-state index contributed by atoms with van der Waals surface area (Å²) in [6, 6.07) is 23.7. The number of nitrogens with zero attached hydrogens (tertiary/aromatic N) is 5. The normalized spacial score (nSPS) is 11.9. The highest BCUT2D eigenvalue weighted by Crippen LogP contribution is 2.24. The van der Waals surface area contributed by atoms with Gasteiger partial charge >= 0.3 is 0 Å². The predicted octanol–water partition coefficient (Wildman–Crippen LogP) is 4.02. The minimum Gasteiger partial charge on any atom is -0.467 e. The molecule has 4 rings (SSSR count). The third-order valence-corrected chi connectivity index (χ3v) is 5.82. The van der Waals surface area contributed by atoms with E-state index in [0.717, 1.165) is 16.9 Å². The number of amides is 1. The van der Waals surface area contributed by atoms with Gasteiger partial charge in [0.1, 0.15) is 12.3 Å². The zero-order valence-electron chi connectivity index (χ0n) is 17.2. The number of aromatic nitrogens is 4. The van der Waals surface area contributed by atoms with Crippen LogP contribution in [-0.4, -0.2) is 36.3 Å². The minimum atomic E-state index is -0.353. The van der Waals surface area contributed by atoms with Crippen LogP contribution in [0.2, 0.25) is 0 Å². The van der Waals surface area contributed by atoms with Crippen LogP contribution in [0.3, 0.4) is 0 Å². The van der Waals surface area contributed by atoms with Gasteiger partial charge in [-0.1, -0.05) is 72.4 Å². The largest absolute Gasteiger partial charge is 0.467 e. The quantitative estimate of drug-likeness (QED) is 0.371. The molecule has 0 aliphatic rings. The maximum Gasteiger partial charge on any atom is 0.236 e. The first-order valence-electron chi connectivity index (χ1n) is 10.0. The van der Waals surface area contributed by atoms with E-state index < -0.39 is 0 Å². The third-order valence-electron chi connectivity index (χ3n) is 4.76. The molecule has 0 saturated heterocycles. The van der Waals surface area contributed by atoms with Crippen molar-refractivity contribution in [2.24, 2.45) is 0 Å². The Morgan fingerprint density at radius 3 is 2.23 bits per heavy atom. The molecule has 0 fully saturated rings. The molecule has 0 N–H and O–H groups in total. The molecule has 0 saturated carbocycles. The Balaban J connectivity index is 1.49. The van der Waals surface area contributed by atoms with Crippen LogP contribution in [0.5, 0.6) is 0 Å². The van der Waals surface area contributed by atoms with E-state index in [9.17, 15) is 4.79 Å². The fourth-order valence-electron chi connectivity index (χ4n) is 3.22. The minimum absolute atomic E-state index is 0.0326. The molecule has 0 aliphatic carbocycles. The molecule has 0 bridgehead atoms. The molecule has 2 aromatic heterocycles. The van der Waals surface area contributed by atoms with E-state index in [2.05, 4.69) is 15.5 Å². The summed E-state index contributed by atoms with van der Waals surface area (Å²) in [5.74, 6) is 0.785. The van der Waals surface area contributed by atoms with Crippen LogP contribution in [0.25, 0.3) is 0 Å². The molecule has 4 aromatic rings. The van der Waals surface area contributed by atoms with Crippen LogP contribution in [-0.2, 0) is 24.4 Å². The van der Waals surface area contributed by atoms with Gasteiger partial charge in [-0.2, -0.15) is 0 Å². The van der Waals surface area contributed by atoms with Crippen molar-refractivity contribution in [2.75, 3.05) is 0 Å². The lowest BCUT2D eigenvalue weighted by Gasteiger charge is -2.26. The summed E-state index contributed by atoms with van der Waals surface area (Å²) in [4.78, 5) is 15.3. The maximum atomic E-state index is 13.4. The van der Waals surface area contributed by atoms with Crippen LogP contribution < -0.4 is 0 Å². The van der Waals surface area contributed by atoms with Crippen LogP contribution in [0, 0.1) is 0 Å². The number of carbonyl (C=O) groups excluding carboxylic acids is 1.